The second kappa shape index (κ2) is 5.56. The molecule has 2 aromatic rings. The maximum atomic E-state index is 12.1. The molecule has 0 fully saturated rings. The highest BCUT2D eigenvalue weighted by Gasteiger charge is 2.31. The van der Waals surface area contributed by atoms with Gasteiger partial charge in [-0.25, -0.2) is 0 Å². The first kappa shape index (κ1) is 13.8. The molecule has 0 bridgehead atoms. The van der Waals surface area contributed by atoms with Crippen LogP contribution < -0.4 is 10.1 Å². The molecule has 0 aliphatic rings. The molecule has 0 saturated heterocycles. The van der Waals surface area contributed by atoms with Gasteiger partial charge in [-0.1, -0.05) is 6.07 Å². The van der Waals surface area contributed by atoms with Crippen molar-refractivity contribution in [3.8, 4) is 5.75 Å². The number of rotatable bonds is 4. The van der Waals surface area contributed by atoms with Crippen molar-refractivity contribution in [1.82, 2.24) is 0 Å². The first-order valence-electron chi connectivity index (χ1n) is 5.26. The summed E-state index contributed by atoms with van der Waals surface area (Å²) in [5.74, 6) is 0.396. The van der Waals surface area contributed by atoms with Gasteiger partial charge in [0.2, 0.25) is 0 Å². The SMILES string of the molecule is FC(F)(F)Oc1cccc(NCc2ccc(Br)o2)c1. The molecule has 0 spiro atoms. The van der Waals surface area contributed by atoms with E-state index in [-0.39, 0.29) is 5.75 Å². The largest absolute Gasteiger partial charge is 0.573 e. The zero-order valence-electron chi connectivity index (χ0n) is 9.50. The molecule has 0 saturated carbocycles. The molecule has 0 unspecified atom stereocenters. The Labute approximate surface area is 115 Å². The fourth-order valence-electron chi connectivity index (χ4n) is 1.44. The molecule has 0 aliphatic heterocycles. The first-order chi connectivity index (χ1) is 8.92. The zero-order valence-corrected chi connectivity index (χ0v) is 11.1. The standard InChI is InChI=1S/C12H9BrF3NO2/c13-11-5-4-10(18-11)7-17-8-2-1-3-9(6-8)19-12(14,15)16/h1-6,17H,7H2. The molecule has 102 valence electrons. The van der Waals surface area contributed by atoms with Gasteiger partial charge in [0.15, 0.2) is 4.67 Å². The minimum absolute atomic E-state index is 0.266. The molecule has 19 heavy (non-hydrogen) atoms. The van der Waals surface area contributed by atoms with Gasteiger partial charge in [-0.15, -0.1) is 13.2 Å². The minimum atomic E-state index is -4.69. The third-order valence-corrected chi connectivity index (χ3v) is 2.59. The molecule has 0 amide bonds. The third kappa shape index (κ3) is 4.51. The van der Waals surface area contributed by atoms with Crippen molar-refractivity contribution in [1.29, 1.82) is 0 Å². The summed E-state index contributed by atoms with van der Waals surface area (Å²) in [4.78, 5) is 0. The van der Waals surface area contributed by atoms with Crippen molar-refractivity contribution in [3.63, 3.8) is 0 Å². The predicted octanol–water partition coefficient (Wildman–Crippen LogP) is 4.55. The molecule has 0 aliphatic carbocycles. The van der Waals surface area contributed by atoms with E-state index in [1.54, 1.807) is 18.2 Å². The molecule has 1 N–H and O–H groups in total. The summed E-state index contributed by atoms with van der Waals surface area (Å²) in [5, 5.41) is 2.94. The Balaban J connectivity index is 1.99. The fourth-order valence-corrected chi connectivity index (χ4v) is 1.78. The molecule has 0 atom stereocenters. The monoisotopic (exact) mass is 335 g/mol. The topological polar surface area (TPSA) is 34.4 Å². The molecular formula is C12H9BrF3NO2. The molecule has 0 radical (unpaired) electrons. The van der Waals surface area contributed by atoms with E-state index in [0.717, 1.165) is 0 Å². The van der Waals surface area contributed by atoms with Crippen molar-refractivity contribution < 1.29 is 22.3 Å². The second-order valence-corrected chi connectivity index (χ2v) is 4.42. The summed E-state index contributed by atoms with van der Waals surface area (Å²) < 4.78 is 45.9. The van der Waals surface area contributed by atoms with Crippen LogP contribution in [0.3, 0.4) is 0 Å². The number of ether oxygens (including phenoxy) is 1. The lowest BCUT2D eigenvalue weighted by Crippen LogP contribution is -2.17. The summed E-state index contributed by atoms with van der Waals surface area (Å²) in [7, 11) is 0. The Bertz CT molecular complexity index is 554. The van der Waals surface area contributed by atoms with Crippen LogP contribution in [0.4, 0.5) is 18.9 Å². The number of hydrogen-bond acceptors (Lipinski definition) is 3. The van der Waals surface area contributed by atoms with Gasteiger partial charge in [0.05, 0.1) is 6.54 Å². The molecule has 1 heterocycles. The van der Waals surface area contributed by atoms with Crippen LogP contribution in [-0.2, 0) is 6.54 Å². The number of hydrogen-bond donors (Lipinski definition) is 1. The summed E-state index contributed by atoms with van der Waals surface area (Å²) in [6.07, 6.45) is -4.69. The van der Waals surface area contributed by atoms with Crippen LogP contribution in [0.1, 0.15) is 5.76 Å². The maximum absolute atomic E-state index is 12.1. The van der Waals surface area contributed by atoms with Crippen molar-refractivity contribution in [2.75, 3.05) is 5.32 Å². The minimum Gasteiger partial charge on any atom is -0.452 e. The Hall–Kier alpha value is -1.63. The average molecular weight is 336 g/mol. The van der Waals surface area contributed by atoms with E-state index in [2.05, 4.69) is 26.0 Å². The third-order valence-electron chi connectivity index (χ3n) is 2.16. The number of anilines is 1. The van der Waals surface area contributed by atoms with Crippen LogP contribution in [0.5, 0.6) is 5.75 Å². The van der Waals surface area contributed by atoms with Gasteiger partial charge in [-0.3, -0.25) is 0 Å². The zero-order chi connectivity index (χ0) is 13.9. The molecular weight excluding hydrogens is 327 g/mol. The summed E-state index contributed by atoms with van der Waals surface area (Å²) >= 11 is 3.16. The van der Waals surface area contributed by atoms with Crippen LogP contribution >= 0.6 is 15.9 Å². The highest BCUT2D eigenvalue weighted by atomic mass is 79.9. The van der Waals surface area contributed by atoms with Crippen LogP contribution in [0.15, 0.2) is 45.5 Å². The van der Waals surface area contributed by atoms with Gasteiger partial charge in [0.1, 0.15) is 11.5 Å². The molecule has 1 aromatic heterocycles. The quantitative estimate of drug-likeness (QED) is 0.889. The van der Waals surface area contributed by atoms with Gasteiger partial charge < -0.3 is 14.5 Å². The Morgan fingerprint density at radius 2 is 2.00 bits per heavy atom. The maximum Gasteiger partial charge on any atom is 0.573 e. The predicted molar refractivity (Wildman–Crippen MR) is 66.9 cm³/mol. The number of benzene rings is 1. The summed E-state index contributed by atoms with van der Waals surface area (Å²) in [5.41, 5.74) is 0.509. The van der Waals surface area contributed by atoms with E-state index < -0.39 is 6.36 Å². The van der Waals surface area contributed by atoms with Gasteiger partial charge in [-0.2, -0.15) is 0 Å². The normalized spacial score (nSPS) is 11.4. The lowest BCUT2D eigenvalue weighted by molar-refractivity contribution is -0.274. The highest BCUT2D eigenvalue weighted by Crippen LogP contribution is 2.25. The van der Waals surface area contributed by atoms with Crippen molar-refractivity contribution in [2.24, 2.45) is 0 Å². The van der Waals surface area contributed by atoms with E-state index >= 15 is 0 Å². The van der Waals surface area contributed by atoms with Crippen molar-refractivity contribution in [2.45, 2.75) is 12.9 Å². The number of halogens is 4. The Morgan fingerprint density at radius 3 is 2.63 bits per heavy atom. The van der Waals surface area contributed by atoms with E-state index in [1.165, 1.54) is 18.2 Å². The van der Waals surface area contributed by atoms with Gasteiger partial charge in [-0.05, 0) is 40.2 Å². The van der Waals surface area contributed by atoms with Crippen LogP contribution in [0, 0.1) is 0 Å². The number of alkyl halides is 3. The van der Waals surface area contributed by atoms with E-state index in [4.69, 9.17) is 4.42 Å². The summed E-state index contributed by atoms with van der Waals surface area (Å²) in [6.45, 7) is 0.362. The van der Waals surface area contributed by atoms with Gasteiger partial charge in [0.25, 0.3) is 0 Å². The van der Waals surface area contributed by atoms with E-state index in [1.807, 2.05) is 0 Å². The van der Waals surface area contributed by atoms with Crippen molar-refractivity contribution in [3.05, 3.63) is 46.8 Å². The first-order valence-corrected chi connectivity index (χ1v) is 6.05. The molecule has 1 aromatic carbocycles. The second-order valence-electron chi connectivity index (χ2n) is 3.64. The summed E-state index contributed by atoms with van der Waals surface area (Å²) in [6, 6.07) is 9.11. The smallest absolute Gasteiger partial charge is 0.452 e. The van der Waals surface area contributed by atoms with Gasteiger partial charge in [0, 0.05) is 11.8 Å². The van der Waals surface area contributed by atoms with Crippen LogP contribution in [0.2, 0.25) is 0 Å². The van der Waals surface area contributed by atoms with Gasteiger partial charge >= 0.3 is 6.36 Å². The number of nitrogens with one attached hydrogen (secondary N) is 1. The van der Waals surface area contributed by atoms with E-state index in [0.29, 0.717) is 22.7 Å². The lowest BCUT2D eigenvalue weighted by Gasteiger charge is -2.10. The molecule has 7 heteroatoms. The van der Waals surface area contributed by atoms with Crippen LogP contribution in [-0.4, -0.2) is 6.36 Å². The Morgan fingerprint density at radius 1 is 1.21 bits per heavy atom. The highest BCUT2D eigenvalue weighted by molar-refractivity contribution is 9.10. The van der Waals surface area contributed by atoms with Crippen LogP contribution in [0.25, 0.3) is 0 Å². The molecule has 3 nitrogen and oxygen atoms in total. The Kier molecular flexibility index (Phi) is 4.04. The number of furan rings is 1. The lowest BCUT2D eigenvalue weighted by atomic mass is 10.3. The molecule has 2 rings (SSSR count). The van der Waals surface area contributed by atoms with E-state index in [9.17, 15) is 13.2 Å². The van der Waals surface area contributed by atoms with Crippen molar-refractivity contribution >= 4 is 21.6 Å². The fraction of sp³-hybridized carbons (Fsp3) is 0.167. The average Bonchev–Trinajstić information content (AvgIpc) is 2.71.